The van der Waals surface area contributed by atoms with Crippen molar-refractivity contribution in [2.24, 2.45) is 5.92 Å². The molecule has 1 aromatic carbocycles. The number of benzene rings is 1. The zero-order valence-corrected chi connectivity index (χ0v) is 15.8. The maximum Gasteiger partial charge on any atom is 0.246 e. The van der Waals surface area contributed by atoms with E-state index in [1.54, 1.807) is 0 Å². The predicted octanol–water partition coefficient (Wildman–Crippen LogP) is 1.95. The maximum absolute atomic E-state index is 13.0. The topological polar surface area (TPSA) is 67.2 Å². The highest BCUT2D eigenvalue weighted by Crippen LogP contribution is 2.29. The van der Waals surface area contributed by atoms with Crippen molar-refractivity contribution in [2.45, 2.75) is 32.0 Å². The number of carbonyl (C=O) groups excluding carboxylic acids is 1. The molecule has 2 aromatic heterocycles. The molecule has 3 aliphatic heterocycles. The van der Waals surface area contributed by atoms with Gasteiger partial charge >= 0.3 is 0 Å². The molecule has 7 heteroatoms. The Morgan fingerprint density at radius 1 is 0.964 bits per heavy atom. The van der Waals surface area contributed by atoms with Crippen LogP contribution in [0.25, 0.3) is 11.0 Å². The van der Waals surface area contributed by atoms with Gasteiger partial charge in [0, 0.05) is 38.4 Å². The van der Waals surface area contributed by atoms with E-state index in [0.717, 1.165) is 49.3 Å². The number of piperidine rings is 1. The maximum atomic E-state index is 13.0. The van der Waals surface area contributed by atoms with Crippen LogP contribution in [0.2, 0.25) is 0 Å². The molecule has 0 spiro atoms. The molecule has 0 aliphatic carbocycles. The lowest BCUT2D eigenvalue weighted by Crippen LogP contribution is -2.44. The van der Waals surface area contributed by atoms with Crippen molar-refractivity contribution in [3.05, 3.63) is 54.4 Å². The summed E-state index contributed by atoms with van der Waals surface area (Å²) in [6.45, 7) is 3.71. The molecular formula is C21H24N6O. The smallest absolute Gasteiger partial charge is 0.246 e. The van der Waals surface area contributed by atoms with Gasteiger partial charge in [-0.2, -0.15) is 15.0 Å². The molecular weight excluding hydrogens is 352 g/mol. The van der Waals surface area contributed by atoms with E-state index in [1.807, 2.05) is 47.5 Å². The summed E-state index contributed by atoms with van der Waals surface area (Å²) >= 11 is 0. The van der Waals surface area contributed by atoms with Crippen molar-refractivity contribution >= 4 is 16.9 Å². The highest BCUT2D eigenvalue weighted by atomic mass is 16.2. The van der Waals surface area contributed by atoms with Crippen molar-refractivity contribution in [3.8, 4) is 0 Å². The van der Waals surface area contributed by atoms with Crippen LogP contribution >= 0.6 is 0 Å². The number of nitrogens with zero attached hydrogens (tertiary/aromatic N) is 6. The summed E-state index contributed by atoms with van der Waals surface area (Å²) in [7, 11) is 0. The van der Waals surface area contributed by atoms with Gasteiger partial charge in [-0.15, -0.1) is 0 Å². The highest BCUT2D eigenvalue weighted by Gasteiger charge is 2.36. The van der Waals surface area contributed by atoms with E-state index >= 15 is 0 Å². The fraction of sp³-hybridized carbons (Fsp3) is 0.429. The zero-order chi connectivity index (χ0) is 18.9. The van der Waals surface area contributed by atoms with Crippen LogP contribution in [0, 0.1) is 5.92 Å². The van der Waals surface area contributed by atoms with Crippen LogP contribution in [0.4, 0.5) is 0 Å². The standard InChI is InChI=1S/C21H24N6O/c28-21(15-27-23-19-6-1-2-7-20(19)24-27)26-12-16-8-9-18(14-26)25(11-16)13-17-5-3-4-10-22-17/h1-7,10,16,18H,8-9,11-15H2. The second-order valence-corrected chi connectivity index (χ2v) is 7.87. The molecule has 0 radical (unpaired) electrons. The van der Waals surface area contributed by atoms with Crippen LogP contribution in [0.5, 0.6) is 0 Å². The lowest BCUT2D eigenvalue weighted by molar-refractivity contribution is -0.132. The van der Waals surface area contributed by atoms with E-state index in [4.69, 9.17) is 0 Å². The Labute approximate surface area is 164 Å². The van der Waals surface area contributed by atoms with E-state index in [-0.39, 0.29) is 12.5 Å². The molecule has 144 valence electrons. The van der Waals surface area contributed by atoms with Gasteiger partial charge in [0.25, 0.3) is 0 Å². The van der Waals surface area contributed by atoms with Crippen LogP contribution in [-0.2, 0) is 17.9 Å². The molecule has 3 aromatic rings. The van der Waals surface area contributed by atoms with Gasteiger partial charge in [0.05, 0.1) is 5.69 Å². The summed E-state index contributed by atoms with van der Waals surface area (Å²) < 4.78 is 0. The number of amides is 1. The number of rotatable bonds is 4. The molecule has 6 rings (SSSR count). The largest absolute Gasteiger partial charge is 0.339 e. The molecule has 2 bridgehead atoms. The van der Waals surface area contributed by atoms with Crippen molar-refractivity contribution in [2.75, 3.05) is 19.6 Å². The number of fused-ring (bicyclic) bond motifs is 5. The molecule has 3 fully saturated rings. The van der Waals surface area contributed by atoms with Gasteiger partial charge in [0.1, 0.15) is 17.6 Å². The molecule has 2 atom stereocenters. The van der Waals surface area contributed by atoms with Crippen LogP contribution in [-0.4, -0.2) is 61.4 Å². The monoisotopic (exact) mass is 376 g/mol. The molecule has 7 nitrogen and oxygen atoms in total. The summed E-state index contributed by atoms with van der Waals surface area (Å²) in [4.78, 5) is 23.5. The molecule has 28 heavy (non-hydrogen) atoms. The summed E-state index contributed by atoms with van der Waals surface area (Å²) in [5, 5.41) is 8.87. The fourth-order valence-electron chi connectivity index (χ4n) is 4.47. The third kappa shape index (κ3) is 3.49. The van der Waals surface area contributed by atoms with Crippen molar-refractivity contribution < 1.29 is 4.79 Å². The number of hydrogen-bond donors (Lipinski definition) is 0. The van der Waals surface area contributed by atoms with Gasteiger partial charge in [0.2, 0.25) is 5.91 Å². The number of carbonyl (C=O) groups is 1. The second kappa shape index (κ2) is 7.31. The van der Waals surface area contributed by atoms with Crippen LogP contribution in [0.3, 0.4) is 0 Å². The quantitative estimate of drug-likeness (QED) is 0.696. The zero-order valence-electron chi connectivity index (χ0n) is 15.8. The first-order chi connectivity index (χ1) is 13.7. The van der Waals surface area contributed by atoms with E-state index in [2.05, 4.69) is 26.1 Å². The molecule has 1 amide bonds. The molecule has 3 saturated heterocycles. The first kappa shape index (κ1) is 17.3. The van der Waals surface area contributed by atoms with Gasteiger partial charge in [-0.25, -0.2) is 0 Å². The molecule has 3 aliphatic rings. The molecule has 0 saturated carbocycles. The Morgan fingerprint density at radius 3 is 2.50 bits per heavy atom. The van der Waals surface area contributed by atoms with E-state index in [0.29, 0.717) is 12.0 Å². The number of pyridine rings is 1. The van der Waals surface area contributed by atoms with Gasteiger partial charge in [0.15, 0.2) is 0 Å². The minimum absolute atomic E-state index is 0.108. The van der Waals surface area contributed by atoms with Crippen LogP contribution in [0.1, 0.15) is 18.5 Å². The van der Waals surface area contributed by atoms with Gasteiger partial charge < -0.3 is 4.90 Å². The van der Waals surface area contributed by atoms with Gasteiger partial charge in [-0.1, -0.05) is 18.2 Å². The second-order valence-electron chi connectivity index (χ2n) is 7.87. The Kier molecular flexibility index (Phi) is 4.52. The minimum atomic E-state index is 0.108. The average Bonchev–Trinajstić information content (AvgIpc) is 2.89. The third-order valence-corrected chi connectivity index (χ3v) is 5.88. The van der Waals surface area contributed by atoms with Crippen molar-refractivity contribution in [1.82, 2.24) is 29.8 Å². The van der Waals surface area contributed by atoms with E-state index in [9.17, 15) is 4.79 Å². The summed E-state index contributed by atoms with van der Waals surface area (Å²) in [5.74, 6) is 0.632. The Morgan fingerprint density at radius 2 is 1.75 bits per heavy atom. The van der Waals surface area contributed by atoms with E-state index in [1.165, 1.54) is 11.2 Å². The summed E-state index contributed by atoms with van der Waals surface area (Å²) in [5.41, 5.74) is 2.75. The first-order valence-corrected chi connectivity index (χ1v) is 9.96. The normalized spacial score (nSPS) is 22.5. The van der Waals surface area contributed by atoms with Crippen molar-refractivity contribution in [3.63, 3.8) is 0 Å². The van der Waals surface area contributed by atoms with Gasteiger partial charge in [-0.3, -0.25) is 14.7 Å². The Balaban J connectivity index is 1.28. The molecule has 5 heterocycles. The predicted molar refractivity (Wildman–Crippen MR) is 105 cm³/mol. The third-order valence-electron chi connectivity index (χ3n) is 5.88. The molecule has 0 N–H and O–H groups in total. The number of hydrogen-bond acceptors (Lipinski definition) is 5. The Bertz CT molecular complexity index is 938. The summed E-state index contributed by atoms with van der Waals surface area (Å²) in [6.07, 6.45) is 4.19. The molecule has 2 unspecified atom stereocenters. The Hall–Kier alpha value is -2.80. The van der Waals surface area contributed by atoms with Crippen LogP contribution < -0.4 is 0 Å². The SMILES string of the molecule is O=C(Cn1nc2ccccc2n1)N1CC2CCC(C1)N(Cc1ccccn1)C2. The minimum Gasteiger partial charge on any atom is -0.339 e. The summed E-state index contributed by atoms with van der Waals surface area (Å²) in [6, 6.07) is 14.2. The average molecular weight is 376 g/mol. The fourth-order valence-corrected chi connectivity index (χ4v) is 4.47. The lowest BCUT2D eigenvalue weighted by atomic mass is 9.95. The van der Waals surface area contributed by atoms with Crippen molar-refractivity contribution in [1.29, 1.82) is 0 Å². The van der Waals surface area contributed by atoms with Gasteiger partial charge in [-0.05, 0) is 43.0 Å². The van der Waals surface area contributed by atoms with E-state index < -0.39 is 0 Å². The first-order valence-electron chi connectivity index (χ1n) is 9.96. The van der Waals surface area contributed by atoms with Crippen LogP contribution in [0.15, 0.2) is 48.7 Å². The number of aromatic nitrogens is 4. The lowest BCUT2D eigenvalue weighted by Gasteiger charge is -2.35. The highest BCUT2D eigenvalue weighted by molar-refractivity contribution is 5.77.